The molecule has 1 aromatic carbocycles. The molecule has 0 bridgehead atoms. The lowest BCUT2D eigenvalue weighted by Crippen LogP contribution is -2.25. The highest BCUT2D eigenvalue weighted by Gasteiger charge is 2.12. The minimum absolute atomic E-state index is 0.106. The highest BCUT2D eigenvalue weighted by Crippen LogP contribution is 2.21. The third-order valence-electron chi connectivity index (χ3n) is 3.31. The van der Waals surface area contributed by atoms with Crippen LogP contribution in [0.15, 0.2) is 24.3 Å². The maximum Gasteiger partial charge on any atom is 0.324 e. The largest absolute Gasteiger partial charge is 0.448 e. The van der Waals surface area contributed by atoms with Crippen LogP contribution in [0.2, 0.25) is 0 Å². The molecule has 7 heteroatoms. The number of hydrogen-bond acceptors (Lipinski definition) is 7. The molecule has 0 fully saturated rings. The molecular formula is C16H20N6O. The van der Waals surface area contributed by atoms with Gasteiger partial charge in [0.1, 0.15) is 6.07 Å². The van der Waals surface area contributed by atoms with Gasteiger partial charge in [0.05, 0.1) is 0 Å². The number of rotatable bonds is 7. The molecule has 0 aliphatic heterocycles. The lowest BCUT2D eigenvalue weighted by atomic mass is 10.2. The number of aryl methyl sites for hydroxylation is 1. The summed E-state index contributed by atoms with van der Waals surface area (Å²) in [6, 6.07) is 9.91. The quantitative estimate of drug-likeness (QED) is 0.841. The van der Waals surface area contributed by atoms with E-state index in [0.29, 0.717) is 11.9 Å². The predicted molar refractivity (Wildman–Crippen MR) is 89.0 cm³/mol. The van der Waals surface area contributed by atoms with E-state index in [2.05, 4.69) is 20.3 Å². The fraction of sp³-hybridized carbons (Fsp3) is 0.375. The molecule has 1 heterocycles. The Balaban J connectivity index is 2.35. The summed E-state index contributed by atoms with van der Waals surface area (Å²) in [6.07, 6.45) is 0. The molecule has 0 atom stereocenters. The zero-order valence-corrected chi connectivity index (χ0v) is 13.6. The number of nitriles is 1. The van der Waals surface area contributed by atoms with Gasteiger partial charge in [-0.05, 0) is 32.4 Å². The Labute approximate surface area is 136 Å². The molecule has 0 spiro atoms. The van der Waals surface area contributed by atoms with Gasteiger partial charge in [-0.15, -0.1) is 0 Å². The first kappa shape index (κ1) is 16.5. The number of hydrogen-bond donors (Lipinski definition) is 1. The number of ether oxygens (including phenoxy) is 1. The number of anilines is 3. The molecule has 23 heavy (non-hydrogen) atoms. The molecule has 0 amide bonds. The topological polar surface area (TPSA) is 87.0 Å². The van der Waals surface area contributed by atoms with Crippen molar-refractivity contribution in [2.75, 3.05) is 29.9 Å². The second-order valence-electron chi connectivity index (χ2n) is 4.80. The van der Waals surface area contributed by atoms with Gasteiger partial charge in [-0.1, -0.05) is 18.2 Å². The van der Waals surface area contributed by atoms with E-state index in [0.717, 1.165) is 24.3 Å². The van der Waals surface area contributed by atoms with E-state index >= 15 is 0 Å². The maximum absolute atomic E-state index is 8.67. The fourth-order valence-corrected chi connectivity index (χ4v) is 2.04. The van der Waals surface area contributed by atoms with Crippen LogP contribution in [0.3, 0.4) is 0 Å². The normalized spacial score (nSPS) is 10.0. The van der Waals surface area contributed by atoms with Crippen LogP contribution in [0.4, 0.5) is 17.6 Å². The summed E-state index contributed by atoms with van der Waals surface area (Å²) in [5, 5.41) is 11.8. The van der Waals surface area contributed by atoms with Gasteiger partial charge < -0.3 is 15.0 Å². The summed E-state index contributed by atoms with van der Waals surface area (Å²) in [6.45, 7) is 7.48. The minimum Gasteiger partial charge on any atom is -0.448 e. The molecule has 120 valence electrons. The zero-order chi connectivity index (χ0) is 16.7. The molecule has 0 aliphatic carbocycles. The minimum atomic E-state index is -0.106. The molecule has 0 aliphatic rings. The Kier molecular flexibility index (Phi) is 5.69. The van der Waals surface area contributed by atoms with Crippen molar-refractivity contribution in [3.63, 3.8) is 0 Å². The summed E-state index contributed by atoms with van der Waals surface area (Å²) < 4.78 is 5.25. The number of nitrogens with zero attached hydrogens (tertiary/aromatic N) is 5. The van der Waals surface area contributed by atoms with Gasteiger partial charge >= 0.3 is 6.01 Å². The van der Waals surface area contributed by atoms with Crippen molar-refractivity contribution >= 4 is 17.6 Å². The maximum atomic E-state index is 8.67. The van der Waals surface area contributed by atoms with E-state index in [-0.39, 0.29) is 12.6 Å². The van der Waals surface area contributed by atoms with Crippen LogP contribution in [-0.2, 0) is 0 Å². The van der Waals surface area contributed by atoms with Crippen molar-refractivity contribution in [2.24, 2.45) is 0 Å². The van der Waals surface area contributed by atoms with Crippen LogP contribution in [0.25, 0.3) is 0 Å². The molecular weight excluding hydrogens is 292 g/mol. The molecule has 0 radical (unpaired) electrons. The van der Waals surface area contributed by atoms with Crippen molar-refractivity contribution in [3.8, 4) is 12.1 Å². The molecule has 2 rings (SSSR count). The first-order valence-corrected chi connectivity index (χ1v) is 7.51. The standard InChI is InChI=1S/C16H20N6O/c1-4-22(5-2)15-19-14(20-16(21-15)23-11-10-17)18-13-9-7-6-8-12(13)3/h6-9H,4-5,11H2,1-3H3,(H,18,19,20,21). The number of nitrogens with one attached hydrogen (secondary N) is 1. The van der Waals surface area contributed by atoms with E-state index in [1.807, 2.05) is 56.0 Å². The fourth-order valence-electron chi connectivity index (χ4n) is 2.04. The van der Waals surface area contributed by atoms with E-state index in [4.69, 9.17) is 10.00 Å². The second-order valence-corrected chi connectivity index (χ2v) is 4.80. The zero-order valence-electron chi connectivity index (χ0n) is 13.6. The van der Waals surface area contributed by atoms with Crippen LogP contribution in [0.1, 0.15) is 19.4 Å². The Morgan fingerprint density at radius 3 is 2.57 bits per heavy atom. The predicted octanol–water partition coefficient (Wildman–Crippen LogP) is 2.67. The molecule has 7 nitrogen and oxygen atoms in total. The molecule has 0 unspecified atom stereocenters. The lowest BCUT2D eigenvalue weighted by molar-refractivity contribution is 0.337. The molecule has 0 saturated carbocycles. The third-order valence-corrected chi connectivity index (χ3v) is 3.31. The monoisotopic (exact) mass is 312 g/mol. The highest BCUT2D eigenvalue weighted by atomic mass is 16.5. The Morgan fingerprint density at radius 2 is 1.91 bits per heavy atom. The molecule has 1 aromatic heterocycles. The van der Waals surface area contributed by atoms with Gasteiger partial charge in [0.25, 0.3) is 0 Å². The van der Waals surface area contributed by atoms with Crippen LogP contribution in [0.5, 0.6) is 6.01 Å². The van der Waals surface area contributed by atoms with E-state index in [9.17, 15) is 0 Å². The smallest absolute Gasteiger partial charge is 0.324 e. The average molecular weight is 312 g/mol. The Bertz CT molecular complexity index is 693. The summed E-state index contributed by atoms with van der Waals surface area (Å²) in [5.74, 6) is 0.915. The molecule has 1 N–H and O–H groups in total. The summed E-state index contributed by atoms with van der Waals surface area (Å²) in [4.78, 5) is 14.9. The highest BCUT2D eigenvalue weighted by molar-refractivity contribution is 5.58. The van der Waals surface area contributed by atoms with Crippen LogP contribution in [0, 0.1) is 18.3 Å². The lowest BCUT2D eigenvalue weighted by Gasteiger charge is -2.19. The Hall–Kier alpha value is -2.88. The van der Waals surface area contributed by atoms with Crippen LogP contribution in [-0.4, -0.2) is 34.6 Å². The SMILES string of the molecule is CCN(CC)c1nc(Nc2ccccc2C)nc(OCC#N)n1. The van der Waals surface area contributed by atoms with Gasteiger partial charge in [-0.2, -0.15) is 20.2 Å². The summed E-state index contributed by atoms with van der Waals surface area (Å²) >= 11 is 0. The first-order chi connectivity index (χ1) is 11.2. The number of benzene rings is 1. The Morgan fingerprint density at radius 1 is 1.17 bits per heavy atom. The van der Waals surface area contributed by atoms with E-state index < -0.39 is 0 Å². The van der Waals surface area contributed by atoms with Crippen molar-refractivity contribution in [1.29, 1.82) is 5.26 Å². The molecule has 0 saturated heterocycles. The molecule has 2 aromatic rings. The van der Waals surface area contributed by atoms with Crippen molar-refractivity contribution < 1.29 is 4.74 Å². The van der Waals surface area contributed by atoms with Gasteiger partial charge in [0, 0.05) is 18.8 Å². The van der Waals surface area contributed by atoms with Crippen molar-refractivity contribution in [1.82, 2.24) is 15.0 Å². The van der Waals surface area contributed by atoms with Gasteiger partial charge in [-0.25, -0.2) is 0 Å². The van der Waals surface area contributed by atoms with Gasteiger partial charge in [0.15, 0.2) is 6.61 Å². The van der Waals surface area contributed by atoms with Crippen LogP contribution < -0.4 is 15.0 Å². The third kappa shape index (κ3) is 4.30. The van der Waals surface area contributed by atoms with E-state index in [1.165, 1.54) is 0 Å². The number of para-hydroxylation sites is 1. The average Bonchev–Trinajstić information content (AvgIpc) is 2.56. The summed E-state index contributed by atoms with van der Waals surface area (Å²) in [7, 11) is 0. The number of aromatic nitrogens is 3. The van der Waals surface area contributed by atoms with Gasteiger partial charge in [-0.3, -0.25) is 0 Å². The van der Waals surface area contributed by atoms with Crippen molar-refractivity contribution in [3.05, 3.63) is 29.8 Å². The van der Waals surface area contributed by atoms with E-state index in [1.54, 1.807) is 0 Å². The summed E-state index contributed by atoms with van der Waals surface area (Å²) in [5.41, 5.74) is 1.99. The first-order valence-electron chi connectivity index (χ1n) is 7.51. The van der Waals surface area contributed by atoms with Gasteiger partial charge in [0.2, 0.25) is 11.9 Å². The van der Waals surface area contributed by atoms with Crippen molar-refractivity contribution in [2.45, 2.75) is 20.8 Å². The van der Waals surface area contributed by atoms with Crippen LogP contribution >= 0.6 is 0 Å². The second kappa shape index (κ2) is 7.94.